The Balaban J connectivity index is 1.54. The van der Waals surface area contributed by atoms with Crippen molar-refractivity contribution in [1.82, 2.24) is 19.9 Å². The third-order valence-corrected chi connectivity index (χ3v) is 4.68. The van der Waals surface area contributed by atoms with Gasteiger partial charge in [-0.3, -0.25) is 4.79 Å². The fourth-order valence-corrected chi connectivity index (χ4v) is 3.00. The standard InChI is InChI=1S/C20H22N4O/c1-2-14-6-8-15(9-7-14)17-4-3-5-20-22-19(23-24(17)20)13-21-12-18(25)16-10-11-16/h3-9,16,21H,2,10-13H2,1H3. The summed E-state index contributed by atoms with van der Waals surface area (Å²) in [6, 6.07) is 14.6. The largest absolute Gasteiger partial charge is 0.303 e. The molecule has 0 amide bonds. The molecule has 1 aromatic carbocycles. The quantitative estimate of drug-likeness (QED) is 0.721. The topological polar surface area (TPSA) is 59.3 Å². The number of rotatable bonds is 7. The molecular weight excluding hydrogens is 312 g/mol. The van der Waals surface area contributed by atoms with Crippen molar-refractivity contribution >= 4 is 11.4 Å². The number of nitrogens with one attached hydrogen (secondary N) is 1. The number of carbonyl (C=O) groups excluding carboxylic acids is 1. The molecule has 0 aliphatic heterocycles. The van der Waals surface area contributed by atoms with Crippen LogP contribution in [0.4, 0.5) is 0 Å². The van der Waals surface area contributed by atoms with E-state index in [1.54, 1.807) is 0 Å². The number of fused-ring (bicyclic) bond motifs is 1. The van der Waals surface area contributed by atoms with Crippen LogP contribution in [0.3, 0.4) is 0 Å². The summed E-state index contributed by atoms with van der Waals surface area (Å²) in [6.07, 6.45) is 3.13. The van der Waals surface area contributed by atoms with Crippen molar-refractivity contribution in [3.8, 4) is 11.3 Å². The summed E-state index contributed by atoms with van der Waals surface area (Å²) in [5.74, 6) is 1.31. The first-order valence-electron chi connectivity index (χ1n) is 8.92. The number of hydrogen-bond acceptors (Lipinski definition) is 4. The van der Waals surface area contributed by atoms with Crippen LogP contribution >= 0.6 is 0 Å². The number of Topliss-reactive ketones (excluding diaryl/α,β-unsaturated/α-hetero) is 1. The third-order valence-electron chi connectivity index (χ3n) is 4.68. The van der Waals surface area contributed by atoms with Gasteiger partial charge in [0.25, 0.3) is 0 Å². The summed E-state index contributed by atoms with van der Waals surface area (Å²) >= 11 is 0. The Morgan fingerprint density at radius 2 is 2.00 bits per heavy atom. The second-order valence-electron chi connectivity index (χ2n) is 6.60. The summed E-state index contributed by atoms with van der Waals surface area (Å²) in [5.41, 5.74) is 4.28. The molecule has 3 aromatic rings. The van der Waals surface area contributed by atoms with Gasteiger partial charge < -0.3 is 5.32 Å². The molecule has 0 bridgehead atoms. The fraction of sp³-hybridized carbons (Fsp3) is 0.350. The van der Waals surface area contributed by atoms with Gasteiger partial charge in [-0.05, 0) is 37.0 Å². The van der Waals surface area contributed by atoms with Crippen molar-refractivity contribution in [3.05, 3.63) is 53.9 Å². The van der Waals surface area contributed by atoms with Crippen LogP contribution in [-0.4, -0.2) is 26.9 Å². The minimum atomic E-state index is 0.291. The summed E-state index contributed by atoms with van der Waals surface area (Å²) in [4.78, 5) is 16.3. The van der Waals surface area contributed by atoms with Gasteiger partial charge in [0.2, 0.25) is 0 Å². The zero-order valence-corrected chi connectivity index (χ0v) is 14.4. The number of aryl methyl sites for hydroxylation is 1. The van der Waals surface area contributed by atoms with Crippen LogP contribution < -0.4 is 5.32 Å². The number of ketones is 1. The van der Waals surface area contributed by atoms with E-state index in [0.29, 0.717) is 30.6 Å². The number of aromatic nitrogens is 3. The Bertz CT molecular complexity index is 894. The lowest BCUT2D eigenvalue weighted by Gasteiger charge is -2.05. The molecule has 5 nitrogen and oxygen atoms in total. The molecule has 2 heterocycles. The average molecular weight is 334 g/mol. The molecule has 0 spiro atoms. The summed E-state index contributed by atoms with van der Waals surface area (Å²) < 4.78 is 1.88. The van der Waals surface area contributed by atoms with Crippen LogP contribution in [0.5, 0.6) is 0 Å². The van der Waals surface area contributed by atoms with Crippen molar-refractivity contribution in [2.24, 2.45) is 5.92 Å². The first-order chi connectivity index (χ1) is 12.2. The lowest BCUT2D eigenvalue weighted by molar-refractivity contribution is -0.119. The van der Waals surface area contributed by atoms with Gasteiger partial charge in [-0.1, -0.05) is 37.3 Å². The Hall–Kier alpha value is -2.53. The van der Waals surface area contributed by atoms with Crippen molar-refractivity contribution in [1.29, 1.82) is 0 Å². The first kappa shape index (κ1) is 16.0. The number of benzene rings is 1. The van der Waals surface area contributed by atoms with E-state index in [1.807, 2.05) is 16.6 Å². The van der Waals surface area contributed by atoms with Crippen LogP contribution in [0.2, 0.25) is 0 Å². The SMILES string of the molecule is CCc1ccc(-c2cccc3nc(CNCC(=O)C4CC4)nn23)cc1. The van der Waals surface area contributed by atoms with E-state index in [2.05, 4.69) is 52.7 Å². The Morgan fingerprint density at radius 1 is 1.20 bits per heavy atom. The summed E-state index contributed by atoms with van der Waals surface area (Å²) in [6.45, 7) is 3.07. The molecule has 0 unspecified atom stereocenters. The second kappa shape index (κ2) is 6.76. The maximum Gasteiger partial charge on any atom is 0.165 e. The predicted octanol–water partition coefficient (Wildman–Crippen LogP) is 3.03. The normalized spacial score (nSPS) is 14.1. The van der Waals surface area contributed by atoms with Crippen molar-refractivity contribution in [2.75, 3.05) is 6.54 Å². The van der Waals surface area contributed by atoms with Gasteiger partial charge in [0.05, 0.1) is 18.8 Å². The predicted molar refractivity (Wildman–Crippen MR) is 97.2 cm³/mol. The van der Waals surface area contributed by atoms with Gasteiger partial charge >= 0.3 is 0 Å². The van der Waals surface area contributed by atoms with Crippen molar-refractivity contribution in [3.63, 3.8) is 0 Å². The molecule has 1 N–H and O–H groups in total. The Morgan fingerprint density at radius 3 is 2.72 bits per heavy atom. The van der Waals surface area contributed by atoms with Crippen LogP contribution in [0.15, 0.2) is 42.5 Å². The molecule has 1 fully saturated rings. The highest BCUT2D eigenvalue weighted by atomic mass is 16.1. The van der Waals surface area contributed by atoms with E-state index in [4.69, 9.17) is 0 Å². The maximum absolute atomic E-state index is 11.8. The van der Waals surface area contributed by atoms with Gasteiger partial charge in [-0.25, -0.2) is 9.50 Å². The van der Waals surface area contributed by atoms with Crippen LogP contribution in [0.25, 0.3) is 16.9 Å². The first-order valence-corrected chi connectivity index (χ1v) is 8.92. The molecule has 0 atom stereocenters. The number of hydrogen-bond donors (Lipinski definition) is 1. The molecule has 1 saturated carbocycles. The molecule has 1 aliphatic carbocycles. The molecule has 4 rings (SSSR count). The number of carbonyl (C=O) groups is 1. The van der Waals surface area contributed by atoms with E-state index in [0.717, 1.165) is 36.2 Å². The summed E-state index contributed by atoms with van der Waals surface area (Å²) in [7, 11) is 0. The van der Waals surface area contributed by atoms with E-state index in [-0.39, 0.29) is 0 Å². The Labute approximate surface area is 147 Å². The van der Waals surface area contributed by atoms with E-state index >= 15 is 0 Å². The minimum absolute atomic E-state index is 0.291. The van der Waals surface area contributed by atoms with Crippen LogP contribution in [0, 0.1) is 5.92 Å². The smallest absolute Gasteiger partial charge is 0.165 e. The molecule has 1 aliphatic rings. The van der Waals surface area contributed by atoms with Crippen molar-refractivity contribution in [2.45, 2.75) is 32.7 Å². The zero-order valence-electron chi connectivity index (χ0n) is 14.4. The molecule has 5 heteroatoms. The highest BCUT2D eigenvalue weighted by Crippen LogP contribution is 2.29. The fourth-order valence-electron chi connectivity index (χ4n) is 3.00. The average Bonchev–Trinajstić information content (AvgIpc) is 3.41. The number of pyridine rings is 1. The van der Waals surface area contributed by atoms with Crippen molar-refractivity contribution < 1.29 is 4.79 Å². The van der Waals surface area contributed by atoms with Gasteiger partial charge in [0.15, 0.2) is 11.5 Å². The third kappa shape index (κ3) is 3.46. The Kier molecular flexibility index (Phi) is 4.32. The van der Waals surface area contributed by atoms with Gasteiger partial charge in [0.1, 0.15) is 5.78 Å². The number of nitrogens with zero attached hydrogens (tertiary/aromatic N) is 3. The van der Waals surface area contributed by atoms with Gasteiger partial charge in [-0.15, -0.1) is 5.10 Å². The van der Waals surface area contributed by atoms with Crippen LogP contribution in [-0.2, 0) is 17.8 Å². The lowest BCUT2D eigenvalue weighted by atomic mass is 10.1. The molecule has 128 valence electrons. The monoisotopic (exact) mass is 334 g/mol. The second-order valence-corrected chi connectivity index (χ2v) is 6.60. The molecule has 0 saturated heterocycles. The highest BCUT2D eigenvalue weighted by molar-refractivity contribution is 5.84. The van der Waals surface area contributed by atoms with Crippen LogP contribution in [0.1, 0.15) is 31.2 Å². The van der Waals surface area contributed by atoms with E-state index in [9.17, 15) is 4.79 Å². The zero-order chi connectivity index (χ0) is 17.2. The summed E-state index contributed by atoms with van der Waals surface area (Å²) in [5, 5.41) is 7.79. The lowest BCUT2D eigenvalue weighted by Crippen LogP contribution is -2.24. The molecule has 0 radical (unpaired) electrons. The van der Waals surface area contributed by atoms with Gasteiger partial charge in [-0.2, -0.15) is 0 Å². The molecule has 25 heavy (non-hydrogen) atoms. The minimum Gasteiger partial charge on any atom is -0.303 e. The van der Waals surface area contributed by atoms with E-state index in [1.165, 1.54) is 5.56 Å². The molecular formula is C20H22N4O. The highest BCUT2D eigenvalue weighted by Gasteiger charge is 2.28. The van der Waals surface area contributed by atoms with E-state index < -0.39 is 0 Å². The van der Waals surface area contributed by atoms with Gasteiger partial charge in [0, 0.05) is 11.5 Å². The molecule has 2 aromatic heterocycles. The maximum atomic E-state index is 11.8.